The molecule has 9 heteroatoms. The fourth-order valence-electron chi connectivity index (χ4n) is 3.52. The van der Waals surface area contributed by atoms with E-state index in [0.29, 0.717) is 30.1 Å². The van der Waals surface area contributed by atoms with Crippen molar-refractivity contribution in [2.45, 2.75) is 26.1 Å². The van der Waals surface area contributed by atoms with Crippen LogP contribution in [0.25, 0.3) is 6.08 Å². The van der Waals surface area contributed by atoms with Crippen LogP contribution in [0.4, 0.5) is 18.9 Å². The van der Waals surface area contributed by atoms with Crippen LogP contribution in [0.1, 0.15) is 29.2 Å². The number of benzene rings is 3. The third-order valence-electron chi connectivity index (χ3n) is 5.24. The summed E-state index contributed by atoms with van der Waals surface area (Å²) in [6.45, 7) is 6.24. The number of carbonyl (C=O) groups is 1. The van der Waals surface area contributed by atoms with Gasteiger partial charge < -0.3 is 14.8 Å². The Balaban J connectivity index is 1.91. The van der Waals surface area contributed by atoms with E-state index in [1.807, 2.05) is 37.3 Å². The molecule has 0 bridgehead atoms. The molecule has 3 aromatic carbocycles. The molecule has 1 amide bonds. The van der Waals surface area contributed by atoms with Gasteiger partial charge in [-0.05, 0) is 73.0 Å². The highest BCUT2D eigenvalue weighted by Crippen LogP contribution is 2.36. The van der Waals surface area contributed by atoms with Gasteiger partial charge >= 0.3 is 6.18 Å². The van der Waals surface area contributed by atoms with E-state index in [4.69, 9.17) is 9.47 Å². The van der Waals surface area contributed by atoms with Crippen LogP contribution in [0.15, 0.2) is 83.4 Å². The molecule has 3 aromatic rings. The van der Waals surface area contributed by atoms with Crippen molar-refractivity contribution >= 4 is 33.6 Å². The molecule has 0 saturated heterocycles. The first-order valence-corrected chi connectivity index (χ1v) is 12.3. The van der Waals surface area contributed by atoms with Gasteiger partial charge in [-0.1, -0.05) is 40.2 Å². The molecule has 0 fully saturated rings. The summed E-state index contributed by atoms with van der Waals surface area (Å²) in [6.07, 6.45) is -1.10. The summed E-state index contributed by atoms with van der Waals surface area (Å²) in [6, 6.07) is 17.1. The average molecular weight is 585 g/mol. The Morgan fingerprint density at radius 1 is 1.13 bits per heavy atom. The molecule has 0 saturated carbocycles. The fourth-order valence-corrected chi connectivity index (χ4v) is 3.79. The number of halogens is 4. The zero-order valence-electron chi connectivity index (χ0n) is 20.4. The molecule has 0 aliphatic carbocycles. The molecule has 1 N–H and O–H groups in total. The Morgan fingerprint density at radius 2 is 1.87 bits per heavy atom. The Hall–Kier alpha value is -4.03. The lowest BCUT2D eigenvalue weighted by atomic mass is 10.0. The van der Waals surface area contributed by atoms with E-state index in [-0.39, 0.29) is 17.9 Å². The van der Waals surface area contributed by atoms with Crippen LogP contribution in [0.5, 0.6) is 11.5 Å². The number of hydrogen-bond donors (Lipinski definition) is 1. The Labute approximate surface area is 227 Å². The molecule has 196 valence electrons. The molecule has 5 nitrogen and oxygen atoms in total. The van der Waals surface area contributed by atoms with Crippen molar-refractivity contribution in [3.8, 4) is 17.6 Å². The zero-order chi connectivity index (χ0) is 27.7. The molecular formula is C29H24BrF3N2O3. The number of alkyl halides is 3. The van der Waals surface area contributed by atoms with Gasteiger partial charge in [0.25, 0.3) is 5.91 Å². The standard InChI is InChI=1S/C29H24BrF3N2O3/c1-3-6-21-13-20(15-26(37-4-2)27(21)38-18-19-9-11-24(30)12-10-19)14-22(17-34)28(36)35-25-8-5-7-23(16-25)29(31,32)33/h3,5,7-16H,1,4,6,18H2,2H3,(H,35,36)/b22-14+. The van der Waals surface area contributed by atoms with Crippen molar-refractivity contribution < 1.29 is 27.4 Å². The molecule has 38 heavy (non-hydrogen) atoms. The summed E-state index contributed by atoms with van der Waals surface area (Å²) < 4.78 is 51.9. The number of nitrogens with zero attached hydrogens (tertiary/aromatic N) is 1. The quantitative estimate of drug-likeness (QED) is 0.150. The normalized spacial score (nSPS) is 11.4. The molecular weight excluding hydrogens is 561 g/mol. The fraction of sp³-hybridized carbons (Fsp3) is 0.172. The topological polar surface area (TPSA) is 71.4 Å². The maximum Gasteiger partial charge on any atom is 0.416 e. The van der Waals surface area contributed by atoms with E-state index in [9.17, 15) is 23.2 Å². The Morgan fingerprint density at radius 3 is 2.50 bits per heavy atom. The number of carbonyl (C=O) groups excluding carboxylic acids is 1. The van der Waals surface area contributed by atoms with Gasteiger partial charge in [0, 0.05) is 15.7 Å². The van der Waals surface area contributed by atoms with E-state index < -0.39 is 17.6 Å². The van der Waals surface area contributed by atoms with Gasteiger partial charge in [-0.15, -0.1) is 6.58 Å². The molecule has 0 aromatic heterocycles. The highest BCUT2D eigenvalue weighted by molar-refractivity contribution is 9.10. The number of rotatable bonds is 10. The van der Waals surface area contributed by atoms with Crippen molar-refractivity contribution in [2.24, 2.45) is 0 Å². The van der Waals surface area contributed by atoms with Crippen molar-refractivity contribution in [2.75, 3.05) is 11.9 Å². The second-order valence-electron chi connectivity index (χ2n) is 8.05. The van der Waals surface area contributed by atoms with Crippen LogP contribution < -0.4 is 14.8 Å². The van der Waals surface area contributed by atoms with Crippen molar-refractivity contribution in [3.63, 3.8) is 0 Å². The minimum atomic E-state index is -4.56. The number of nitriles is 1. The van der Waals surface area contributed by atoms with Gasteiger partial charge in [-0.3, -0.25) is 4.79 Å². The number of nitrogens with one attached hydrogen (secondary N) is 1. The molecule has 0 atom stereocenters. The monoisotopic (exact) mass is 584 g/mol. The minimum Gasteiger partial charge on any atom is -0.490 e. The van der Waals surface area contributed by atoms with Gasteiger partial charge in [0.1, 0.15) is 18.2 Å². The number of allylic oxidation sites excluding steroid dienone is 1. The molecule has 0 spiro atoms. The number of hydrogen-bond acceptors (Lipinski definition) is 4. The third-order valence-corrected chi connectivity index (χ3v) is 5.77. The van der Waals surface area contributed by atoms with Crippen LogP contribution in [0, 0.1) is 11.3 Å². The van der Waals surface area contributed by atoms with E-state index in [1.165, 1.54) is 18.2 Å². The van der Waals surface area contributed by atoms with Crippen molar-refractivity contribution in [1.29, 1.82) is 5.26 Å². The summed E-state index contributed by atoms with van der Waals surface area (Å²) >= 11 is 3.40. The second-order valence-corrected chi connectivity index (χ2v) is 8.97. The number of anilines is 1. The predicted octanol–water partition coefficient (Wildman–Crippen LogP) is 7.72. The lowest BCUT2D eigenvalue weighted by Gasteiger charge is -2.17. The second kappa shape index (κ2) is 13.0. The number of amides is 1. The highest BCUT2D eigenvalue weighted by atomic mass is 79.9. The van der Waals surface area contributed by atoms with Crippen LogP contribution in [0.3, 0.4) is 0 Å². The lowest BCUT2D eigenvalue weighted by molar-refractivity contribution is -0.137. The summed E-state index contributed by atoms with van der Waals surface area (Å²) in [7, 11) is 0. The Bertz CT molecular complexity index is 1380. The van der Waals surface area contributed by atoms with Gasteiger partial charge in [0.15, 0.2) is 11.5 Å². The molecule has 0 aliphatic rings. The minimum absolute atomic E-state index is 0.0787. The molecule has 0 heterocycles. The van der Waals surface area contributed by atoms with E-state index >= 15 is 0 Å². The third kappa shape index (κ3) is 7.73. The van der Waals surface area contributed by atoms with Crippen molar-refractivity contribution in [1.82, 2.24) is 0 Å². The summed E-state index contributed by atoms with van der Waals surface area (Å²) in [4.78, 5) is 12.7. The first kappa shape index (κ1) is 28.5. The van der Waals surface area contributed by atoms with Gasteiger partial charge in [-0.25, -0.2) is 0 Å². The van der Waals surface area contributed by atoms with E-state index in [0.717, 1.165) is 27.7 Å². The molecule has 3 rings (SSSR count). The summed E-state index contributed by atoms with van der Waals surface area (Å²) in [5.74, 6) is 0.0927. The van der Waals surface area contributed by atoms with Crippen LogP contribution >= 0.6 is 15.9 Å². The highest BCUT2D eigenvalue weighted by Gasteiger charge is 2.30. The number of ether oxygens (including phenoxy) is 2. The predicted molar refractivity (Wildman–Crippen MR) is 144 cm³/mol. The zero-order valence-corrected chi connectivity index (χ0v) is 22.0. The van der Waals surface area contributed by atoms with E-state index in [2.05, 4.69) is 27.8 Å². The first-order valence-electron chi connectivity index (χ1n) is 11.5. The van der Waals surface area contributed by atoms with Crippen LogP contribution in [-0.4, -0.2) is 12.5 Å². The molecule has 0 radical (unpaired) electrons. The molecule has 0 unspecified atom stereocenters. The van der Waals surface area contributed by atoms with Gasteiger partial charge in [0.05, 0.1) is 12.2 Å². The summed E-state index contributed by atoms with van der Waals surface area (Å²) in [5.41, 5.74) is 0.874. The average Bonchev–Trinajstić information content (AvgIpc) is 2.87. The maximum absolute atomic E-state index is 13.0. The van der Waals surface area contributed by atoms with Crippen LogP contribution in [-0.2, 0) is 24.0 Å². The summed E-state index contributed by atoms with van der Waals surface area (Å²) in [5, 5.41) is 12.0. The smallest absolute Gasteiger partial charge is 0.416 e. The first-order chi connectivity index (χ1) is 18.1. The van der Waals surface area contributed by atoms with Crippen LogP contribution in [0.2, 0.25) is 0 Å². The largest absolute Gasteiger partial charge is 0.490 e. The van der Waals surface area contributed by atoms with Gasteiger partial charge in [0.2, 0.25) is 0 Å². The Kier molecular flexibility index (Phi) is 9.74. The SMILES string of the molecule is C=CCc1cc(/C=C(\C#N)C(=O)Nc2cccc(C(F)(F)F)c2)cc(OCC)c1OCc1ccc(Br)cc1. The van der Waals surface area contributed by atoms with Crippen molar-refractivity contribution in [3.05, 3.63) is 106 Å². The lowest BCUT2D eigenvalue weighted by Crippen LogP contribution is -2.14. The van der Waals surface area contributed by atoms with Gasteiger partial charge in [-0.2, -0.15) is 18.4 Å². The molecule has 0 aliphatic heterocycles. The van der Waals surface area contributed by atoms with E-state index in [1.54, 1.807) is 18.2 Å². The maximum atomic E-state index is 13.0.